The molecule has 0 aliphatic heterocycles. The number of ether oxygens (including phenoxy) is 1. The lowest BCUT2D eigenvalue weighted by molar-refractivity contribution is 0.122. The van der Waals surface area contributed by atoms with Gasteiger partial charge in [-0.25, -0.2) is 0 Å². The number of hydrogen-bond donors (Lipinski definition) is 1. The Morgan fingerprint density at radius 2 is 1.62 bits per heavy atom. The number of rotatable bonds is 9. The lowest BCUT2D eigenvalue weighted by Crippen LogP contribution is -2.40. The van der Waals surface area contributed by atoms with Crippen LogP contribution in [0, 0.1) is 0 Å². The minimum Gasteiger partial charge on any atom is -0.383 e. The first kappa shape index (κ1) is 18.1. The molecule has 21 heavy (non-hydrogen) atoms. The number of nitrogens with zero attached hydrogens (tertiary/aromatic N) is 1. The van der Waals surface area contributed by atoms with Crippen molar-refractivity contribution >= 4 is 0 Å². The molecule has 120 valence electrons. The molecule has 3 heteroatoms. The number of likely N-dealkylation sites (N-methyl/N-ethyl adjacent to an activating group) is 1. The number of nitrogens with one attached hydrogen (secondary N) is 1. The predicted molar refractivity (Wildman–Crippen MR) is 90.9 cm³/mol. The molecule has 0 spiro atoms. The zero-order valence-corrected chi connectivity index (χ0v) is 14.5. The van der Waals surface area contributed by atoms with Gasteiger partial charge in [0.05, 0.1) is 6.61 Å². The van der Waals surface area contributed by atoms with Gasteiger partial charge in [0.1, 0.15) is 0 Å². The second-order valence-electron chi connectivity index (χ2n) is 6.24. The van der Waals surface area contributed by atoms with E-state index in [1.54, 1.807) is 7.11 Å². The van der Waals surface area contributed by atoms with Crippen molar-refractivity contribution < 1.29 is 4.74 Å². The van der Waals surface area contributed by atoms with Crippen LogP contribution in [0.25, 0.3) is 0 Å². The lowest BCUT2D eigenvalue weighted by atomic mass is 9.98. The molecule has 0 aliphatic rings. The summed E-state index contributed by atoms with van der Waals surface area (Å²) in [4.78, 5) is 2.46. The highest BCUT2D eigenvalue weighted by Gasteiger charge is 2.17. The molecule has 0 heterocycles. The van der Waals surface area contributed by atoms with Gasteiger partial charge in [0, 0.05) is 32.3 Å². The molecule has 0 fully saturated rings. The van der Waals surface area contributed by atoms with Gasteiger partial charge in [-0.05, 0) is 37.9 Å². The molecule has 0 bridgehead atoms. The first-order valence-corrected chi connectivity index (χ1v) is 7.99. The fourth-order valence-electron chi connectivity index (χ4n) is 2.48. The summed E-state index contributed by atoms with van der Waals surface area (Å²) >= 11 is 0. The van der Waals surface area contributed by atoms with E-state index in [9.17, 15) is 0 Å². The summed E-state index contributed by atoms with van der Waals surface area (Å²) in [6.07, 6.45) is 0. The summed E-state index contributed by atoms with van der Waals surface area (Å²) in [5.41, 5.74) is 2.75. The van der Waals surface area contributed by atoms with Gasteiger partial charge in [-0.3, -0.25) is 4.90 Å². The molecule has 1 aromatic carbocycles. The lowest BCUT2D eigenvalue weighted by Gasteiger charge is -2.30. The van der Waals surface area contributed by atoms with Crippen LogP contribution in [0.2, 0.25) is 0 Å². The maximum absolute atomic E-state index is 5.22. The third-order valence-electron chi connectivity index (χ3n) is 4.08. The van der Waals surface area contributed by atoms with Crippen LogP contribution in [0.4, 0.5) is 0 Å². The average Bonchev–Trinajstić information content (AvgIpc) is 2.47. The highest BCUT2D eigenvalue weighted by Crippen LogP contribution is 2.20. The van der Waals surface area contributed by atoms with Crippen molar-refractivity contribution in [2.45, 2.75) is 45.7 Å². The number of hydrogen-bond acceptors (Lipinski definition) is 3. The fraction of sp³-hybridized carbons (Fsp3) is 0.667. The Morgan fingerprint density at radius 3 is 2.05 bits per heavy atom. The molecule has 0 aliphatic carbocycles. The van der Waals surface area contributed by atoms with E-state index >= 15 is 0 Å². The maximum Gasteiger partial charge on any atom is 0.0589 e. The van der Waals surface area contributed by atoms with Crippen LogP contribution in [0.1, 0.15) is 50.8 Å². The van der Waals surface area contributed by atoms with E-state index in [0.29, 0.717) is 18.0 Å². The van der Waals surface area contributed by atoms with E-state index in [2.05, 4.69) is 62.2 Å². The summed E-state index contributed by atoms with van der Waals surface area (Å²) in [5, 5.41) is 3.45. The molecule has 3 nitrogen and oxygen atoms in total. The molecule has 1 aromatic rings. The molecule has 1 N–H and O–H groups in total. The van der Waals surface area contributed by atoms with Crippen molar-refractivity contribution in [2.75, 3.05) is 33.9 Å². The Labute approximate surface area is 130 Å². The molecule has 0 saturated heterocycles. The van der Waals surface area contributed by atoms with E-state index < -0.39 is 0 Å². The van der Waals surface area contributed by atoms with Crippen LogP contribution < -0.4 is 5.32 Å². The van der Waals surface area contributed by atoms with Crippen molar-refractivity contribution in [3.8, 4) is 0 Å². The van der Waals surface area contributed by atoms with Crippen molar-refractivity contribution in [3.63, 3.8) is 0 Å². The Balaban J connectivity index is 2.76. The smallest absolute Gasteiger partial charge is 0.0589 e. The van der Waals surface area contributed by atoms with Crippen LogP contribution in [0.15, 0.2) is 24.3 Å². The second kappa shape index (κ2) is 9.19. The Hall–Kier alpha value is -0.900. The number of methoxy groups -OCH3 is 1. The quantitative estimate of drug-likeness (QED) is 0.754. The van der Waals surface area contributed by atoms with Crippen molar-refractivity contribution in [1.82, 2.24) is 10.2 Å². The minimum atomic E-state index is 0.352. The van der Waals surface area contributed by atoms with E-state index in [-0.39, 0.29) is 0 Å². The third-order valence-corrected chi connectivity index (χ3v) is 4.08. The van der Waals surface area contributed by atoms with Crippen LogP contribution in [0.3, 0.4) is 0 Å². The summed E-state index contributed by atoms with van der Waals surface area (Å²) < 4.78 is 5.22. The summed E-state index contributed by atoms with van der Waals surface area (Å²) in [6, 6.07) is 9.88. The van der Waals surface area contributed by atoms with Crippen molar-refractivity contribution in [1.29, 1.82) is 0 Å². The van der Waals surface area contributed by atoms with Crippen LogP contribution in [0.5, 0.6) is 0 Å². The van der Waals surface area contributed by atoms with Gasteiger partial charge in [-0.2, -0.15) is 0 Å². The highest BCUT2D eigenvalue weighted by atomic mass is 16.5. The maximum atomic E-state index is 5.22. The van der Waals surface area contributed by atoms with E-state index in [1.807, 2.05) is 7.05 Å². The summed E-state index contributed by atoms with van der Waals surface area (Å²) in [5.74, 6) is 0.584. The van der Waals surface area contributed by atoms with E-state index in [0.717, 1.165) is 19.7 Å². The van der Waals surface area contributed by atoms with Crippen LogP contribution in [-0.4, -0.2) is 44.8 Å². The normalized spacial score (nSPS) is 13.4. The van der Waals surface area contributed by atoms with Crippen LogP contribution in [-0.2, 0) is 4.74 Å². The zero-order valence-electron chi connectivity index (χ0n) is 14.5. The first-order valence-electron chi connectivity index (χ1n) is 7.99. The fourth-order valence-corrected chi connectivity index (χ4v) is 2.48. The molecular formula is C18H32N2O. The molecule has 0 aromatic heterocycles. The molecule has 1 unspecified atom stereocenters. The standard InChI is InChI=1S/C18H32N2O/c1-14(2)16-7-9-17(10-8-16)18(19-5)13-20(15(3)4)11-12-21-6/h7-10,14-15,18-19H,11-13H2,1-6H3. The molecule has 0 amide bonds. The SMILES string of the molecule is CNC(CN(CCOC)C(C)C)c1ccc(C(C)C)cc1. The van der Waals surface area contributed by atoms with Crippen molar-refractivity contribution in [3.05, 3.63) is 35.4 Å². The van der Waals surface area contributed by atoms with Crippen LogP contribution >= 0.6 is 0 Å². The summed E-state index contributed by atoms with van der Waals surface area (Å²) in [6.45, 7) is 11.7. The predicted octanol–water partition coefficient (Wildman–Crippen LogP) is 3.43. The van der Waals surface area contributed by atoms with Gasteiger partial charge in [0.15, 0.2) is 0 Å². The second-order valence-corrected chi connectivity index (χ2v) is 6.24. The first-order chi connectivity index (χ1) is 9.99. The van der Waals surface area contributed by atoms with Gasteiger partial charge in [-0.1, -0.05) is 38.1 Å². The largest absolute Gasteiger partial charge is 0.383 e. The van der Waals surface area contributed by atoms with E-state index in [4.69, 9.17) is 4.74 Å². The van der Waals surface area contributed by atoms with Gasteiger partial charge in [-0.15, -0.1) is 0 Å². The zero-order chi connectivity index (χ0) is 15.8. The summed E-state index contributed by atoms with van der Waals surface area (Å²) in [7, 11) is 3.80. The molecule has 1 atom stereocenters. The minimum absolute atomic E-state index is 0.352. The number of benzene rings is 1. The van der Waals surface area contributed by atoms with Gasteiger partial charge in [0.2, 0.25) is 0 Å². The highest BCUT2D eigenvalue weighted by molar-refractivity contribution is 5.27. The molecular weight excluding hydrogens is 260 g/mol. The van der Waals surface area contributed by atoms with Gasteiger partial charge in [0.25, 0.3) is 0 Å². The topological polar surface area (TPSA) is 24.5 Å². The average molecular weight is 292 g/mol. The van der Waals surface area contributed by atoms with Gasteiger partial charge < -0.3 is 10.1 Å². The Kier molecular flexibility index (Phi) is 7.94. The third kappa shape index (κ3) is 5.77. The Bertz CT molecular complexity index is 387. The van der Waals surface area contributed by atoms with Gasteiger partial charge >= 0.3 is 0 Å². The van der Waals surface area contributed by atoms with Crippen molar-refractivity contribution in [2.24, 2.45) is 0 Å². The molecule has 1 rings (SSSR count). The Morgan fingerprint density at radius 1 is 1.05 bits per heavy atom. The monoisotopic (exact) mass is 292 g/mol. The van der Waals surface area contributed by atoms with E-state index in [1.165, 1.54) is 11.1 Å². The molecule has 0 radical (unpaired) electrons. The molecule has 0 saturated carbocycles.